The Bertz CT molecular complexity index is 1120. The van der Waals surface area contributed by atoms with Crippen LogP contribution in [0.15, 0.2) is 60.8 Å². The van der Waals surface area contributed by atoms with Crippen molar-refractivity contribution in [2.45, 2.75) is 6.54 Å². The van der Waals surface area contributed by atoms with Gasteiger partial charge in [-0.05, 0) is 24.3 Å². The first-order valence-corrected chi connectivity index (χ1v) is 8.85. The van der Waals surface area contributed by atoms with E-state index in [2.05, 4.69) is 15.4 Å². The average Bonchev–Trinajstić information content (AvgIpc) is 3.33. The van der Waals surface area contributed by atoms with Crippen molar-refractivity contribution in [3.8, 4) is 5.69 Å². The Hall–Kier alpha value is -3.59. The molecule has 2 heterocycles. The number of benzene rings is 2. The lowest BCUT2D eigenvalue weighted by atomic mass is 10.3. The van der Waals surface area contributed by atoms with E-state index in [1.54, 1.807) is 24.4 Å². The molecule has 1 amide bonds. The van der Waals surface area contributed by atoms with Crippen LogP contribution in [0.2, 0.25) is 0 Å². The van der Waals surface area contributed by atoms with Gasteiger partial charge >= 0.3 is 0 Å². The molecule has 2 aromatic carbocycles. The summed E-state index contributed by atoms with van der Waals surface area (Å²) in [5, 5.41) is 18.7. The highest BCUT2D eigenvalue weighted by molar-refractivity contribution is 7.18. The number of thiazole rings is 1. The van der Waals surface area contributed by atoms with Gasteiger partial charge in [0, 0.05) is 18.3 Å². The second-order valence-electron chi connectivity index (χ2n) is 5.68. The summed E-state index contributed by atoms with van der Waals surface area (Å²) >= 11 is 1.53. The zero-order valence-corrected chi connectivity index (χ0v) is 14.7. The largest absolute Gasteiger partial charge is 0.344 e. The highest BCUT2D eigenvalue weighted by atomic mass is 32.1. The SMILES string of the molecule is O=C(NCc1nc2ccccc2s1)c1ccn(-c2cccc([N+](=O)[O-])c2)n1. The number of nitro benzene ring substituents is 1. The number of carbonyl (C=O) groups is 1. The van der Waals surface area contributed by atoms with Crippen LogP contribution in [0.25, 0.3) is 15.9 Å². The number of nitrogens with one attached hydrogen (secondary N) is 1. The minimum atomic E-state index is -0.474. The summed E-state index contributed by atoms with van der Waals surface area (Å²) < 4.78 is 2.50. The second-order valence-corrected chi connectivity index (χ2v) is 6.80. The molecule has 0 aliphatic carbocycles. The van der Waals surface area contributed by atoms with Gasteiger partial charge in [-0.15, -0.1) is 11.3 Å². The number of carbonyl (C=O) groups excluding carboxylic acids is 1. The Morgan fingerprint density at radius 2 is 2.04 bits per heavy atom. The molecule has 0 fully saturated rings. The van der Waals surface area contributed by atoms with Gasteiger partial charge in [0.15, 0.2) is 5.69 Å². The molecular formula is C18H13N5O3S. The van der Waals surface area contributed by atoms with Crippen molar-refractivity contribution in [3.05, 3.63) is 81.6 Å². The molecule has 27 heavy (non-hydrogen) atoms. The normalized spacial score (nSPS) is 10.8. The van der Waals surface area contributed by atoms with E-state index in [0.29, 0.717) is 12.2 Å². The summed E-state index contributed by atoms with van der Waals surface area (Å²) in [7, 11) is 0. The van der Waals surface area contributed by atoms with E-state index in [1.807, 2.05) is 24.3 Å². The molecule has 0 aliphatic rings. The van der Waals surface area contributed by atoms with Crippen molar-refractivity contribution >= 4 is 33.1 Å². The molecule has 0 saturated carbocycles. The van der Waals surface area contributed by atoms with Crippen molar-refractivity contribution in [1.82, 2.24) is 20.1 Å². The molecule has 9 heteroatoms. The molecule has 2 aromatic heterocycles. The quantitative estimate of drug-likeness (QED) is 0.423. The van der Waals surface area contributed by atoms with Gasteiger partial charge in [-0.3, -0.25) is 14.9 Å². The van der Waals surface area contributed by atoms with Crippen LogP contribution in [0.3, 0.4) is 0 Å². The summed E-state index contributed by atoms with van der Waals surface area (Å²) in [6, 6.07) is 15.4. The van der Waals surface area contributed by atoms with Crippen molar-refractivity contribution in [1.29, 1.82) is 0 Å². The molecule has 8 nitrogen and oxygen atoms in total. The number of hydrogen-bond acceptors (Lipinski definition) is 6. The van der Waals surface area contributed by atoms with Crippen molar-refractivity contribution < 1.29 is 9.72 Å². The van der Waals surface area contributed by atoms with E-state index in [-0.39, 0.29) is 17.3 Å². The van der Waals surface area contributed by atoms with E-state index in [4.69, 9.17) is 0 Å². The predicted octanol–water partition coefficient (Wildman–Crippen LogP) is 3.32. The van der Waals surface area contributed by atoms with Crippen LogP contribution in [-0.2, 0) is 6.54 Å². The van der Waals surface area contributed by atoms with Gasteiger partial charge in [-0.25, -0.2) is 9.67 Å². The lowest BCUT2D eigenvalue weighted by Gasteiger charge is -2.02. The molecule has 0 spiro atoms. The molecule has 0 saturated heterocycles. The van der Waals surface area contributed by atoms with Gasteiger partial charge in [0.25, 0.3) is 11.6 Å². The Kier molecular flexibility index (Phi) is 4.35. The topological polar surface area (TPSA) is 103 Å². The standard InChI is InChI=1S/C18H13N5O3S/c24-18(19-11-17-20-14-6-1-2-7-16(14)27-17)15-8-9-22(21-15)12-4-3-5-13(10-12)23(25)26/h1-10H,11H2,(H,19,24). The van der Waals surface area contributed by atoms with Gasteiger partial charge < -0.3 is 5.32 Å². The monoisotopic (exact) mass is 379 g/mol. The third-order valence-electron chi connectivity index (χ3n) is 3.87. The maximum Gasteiger partial charge on any atom is 0.272 e. The van der Waals surface area contributed by atoms with Gasteiger partial charge in [0.1, 0.15) is 5.01 Å². The van der Waals surface area contributed by atoms with Crippen LogP contribution in [0.1, 0.15) is 15.5 Å². The summed E-state index contributed by atoms with van der Waals surface area (Å²) in [5.41, 5.74) is 1.60. The first kappa shape index (κ1) is 16.9. The molecule has 0 bridgehead atoms. The van der Waals surface area contributed by atoms with Gasteiger partial charge in [0.05, 0.1) is 27.4 Å². The number of fused-ring (bicyclic) bond motifs is 1. The number of non-ortho nitro benzene ring substituents is 1. The molecule has 0 atom stereocenters. The first-order valence-electron chi connectivity index (χ1n) is 8.03. The van der Waals surface area contributed by atoms with E-state index in [0.717, 1.165) is 15.2 Å². The minimum absolute atomic E-state index is 0.0372. The smallest absolute Gasteiger partial charge is 0.272 e. The van der Waals surface area contributed by atoms with Crippen LogP contribution in [-0.4, -0.2) is 25.6 Å². The maximum atomic E-state index is 12.3. The Labute approximate surface area is 157 Å². The molecule has 0 radical (unpaired) electrons. The zero-order valence-electron chi connectivity index (χ0n) is 13.9. The molecule has 0 unspecified atom stereocenters. The second kappa shape index (κ2) is 6.96. The number of para-hydroxylation sites is 1. The van der Waals surface area contributed by atoms with Crippen LogP contribution in [0.5, 0.6) is 0 Å². The molecule has 1 N–H and O–H groups in total. The fraction of sp³-hybridized carbons (Fsp3) is 0.0556. The number of rotatable bonds is 5. The molecule has 4 aromatic rings. The van der Waals surface area contributed by atoms with Crippen molar-refractivity contribution in [3.63, 3.8) is 0 Å². The Morgan fingerprint density at radius 3 is 2.85 bits per heavy atom. The van der Waals surface area contributed by atoms with E-state index >= 15 is 0 Å². The predicted molar refractivity (Wildman–Crippen MR) is 101 cm³/mol. The van der Waals surface area contributed by atoms with E-state index in [1.165, 1.54) is 28.2 Å². The molecule has 0 aliphatic heterocycles. The fourth-order valence-corrected chi connectivity index (χ4v) is 3.49. The average molecular weight is 379 g/mol. The third kappa shape index (κ3) is 3.53. The maximum absolute atomic E-state index is 12.3. The lowest BCUT2D eigenvalue weighted by Crippen LogP contribution is -2.23. The van der Waals surface area contributed by atoms with Crippen LogP contribution in [0, 0.1) is 10.1 Å². The molecular weight excluding hydrogens is 366 g/mol. The van der Waals surface area contributed by atoms with E-state index in [9.17, 15) is 14.9 Å². The lowest BCUT2D eigenvalue weighted by molar-refractivity contribution is -0.384. The highest BCUT2D eigenvalue weighted by Gasteiger charge is 2.13. The van der Waals surface area contributed by atoms with Crippen LogP contribution >= 0.6 is 11.3 Å². The zero-order chi connectivity index (χ0) is 18.8. The van der Waals surface area contributed by atoms with Gasteiger partial charge in [-0.1, -0.05) is 18.2 Å². The fourth-order valence-electron chi connectivity index (χ4n) is 2.58. The van der Waals surface area contributed by atoms with Crippen LogP contribution < -0.4 is 5.32 Å². The molecule has 134 valence electrons. The summed E-state index contributed by atoms with van der Waals surface area (Å²) in [6.07, 6.45) is 1.59. The highest BCUT2D eigenvalue weighted by Crippen LogP contribution is 2.21. The van der Waals surface area contributed by atoms with Crippen molar-refractivity contribution in [2.75, 3.05) is 0 Å². The minimum Gasteiger partial charge on any atom is -0.344 e. The molecule has 4 rings (SSSR count). The number of hydrogen-bond donors (Lipinski definition) is 1. The van der Waals surface area contributed by atoms with Crippen molar-refractivity contribution in [2.24, 2.45) is 0 Å². The van der Waals surface area contributed by atoms with E-state index < -0.39 is 4.92 Å². The summed E-state index contributed by atoms with van der Waals surface area (Å²) in [4.78, 5) is 27.2. The Balaban J connectivity index is 1.47. The number of nitrogens with zero attached hydrogens (tertiary/aromatic N) is 4. The van der Waals surface area contributed by atoms with Crippen LogP contribution in [0.4, 0.5) is 5.69 Å². The summed E-state index contributed by atoms with van der Waals surface area (Å²) in [5.74, 6) is -0.335. The van der Waals surface area contributed by atoms with Gasteiger partial charge in [0.2, 0.25) is 0 Å². The Morgan fingerprint density at radius 1 is 1.19 bits per heavy atom. The van der Waals surface area contributed by atoms with Gasteiger partial charge in [-0.2, -0.15) is 5.10 Å². The number of aromatic nitrogens is 3. The summed E-state index contributed by atoms with van der Waals surface area (Å²) in [6.45, 7) is 0.307. The first-order chi connectivity index (χ1) is 13.1. The third-order valence-corrected chi connectivity index (χ3v) is 4.90. The number of nitro groups is 1. The number of amides is 1.